The molecule has 0 aromatic heterocycles. The molecule has 2 fully saturated rings. The van der Waals surface area contributed by atoms with Gasteiger partial charge in [0.25, 0.3) is 0 Å². The first-order chi connectivity index (χ1) is 12.7. The van der Waals surface area contributed by atoms with Crippen molar-refractivity contribution in [3.63, 3.8) is 0 Å². The molecule has 0 aromatic carbocycles. The summed E-state index contributed by atoms with van der Waals surface area (Å²) in [6.07, 6.45) is 9.96. The van der Waals surface area contributed by atoms with E-state index in [1.807, 2.05) is 7.05 Å². The zero-order valence-corrected chi connectivity index (χ0v) is 19.2. The van der Waals surface area contributed by atoms with Crippen LogP contribution in [0.25, 0.3) is 0 Å². The van der Waals surface area contributed by atoms with Crippen molar-refractivity contribution >= 4 is 35.8 Å². The number of hydrogen-bond donors (Lipinski definition) is 3. The van der Waals surface area contributed by atoms with E-state index in [4.69, 9.17) is 5.73 Å². The lowest BCUT2D eigenvalue weighted by Crippen LogP contribution is -2.49. The number of halogens is 1. The van der Waals surface area contributed by atoms with Crippen LogP contribution in [0.1, 0.15) is 51.4 Å². The van der Waals surface area contributed by atoms with Crippen molar-refractivity contribution in [2.45, 2.75) is 57.4 Å². The molecule has 0 radical (unpaired) electrons. The van der Waals surface area contributed by atoms with Gasteiger partial charge in [0.2, 0.25) is 5.91 Å². The van der Waals surface area contributed by atoms with E-state index in [-0.39, 0.29) is 29.9 Å². The molecule has 27 heavy (non-hydrogen) atoms. The number of nitrogens with two attached hydrogens (primary N) is 1. The minimum atomic E-state index is -0.242. The van der Waals surface area contributed by atoms with Crippen LogP contribution in [0.3, 0.4) is 0 Å². The van der Waals surface area contributed by atoms with Crippen molar-refractivity contribution in [1.82, 2.24) is 20.4 Å². The SMILES string of the molecule is CN=C(NCCCCCN1CCCCC1)NC1CCN(CC(N)=O)CC1.I. The van der Waals surface area contributed by atoms with Gasteiger partial charge in [-0.05, 0) is 58.2 Å². The Hall–Kier alpha value is -0.610. The van der Waals surface area contributed by atoms with Crippen LogP contribution in [-0.2, 0) is 4.79 Å². The van der Waals surface area contributed by atoms with Crippen LogP contribution in [-0.4, -0.2) is 80.6 Å². The van der Waals surface area contributed by atoms with Crippen LogP contribution in [0.15, 0.2) is 4.99 Å². The molecule has 0 atom stereocenters. The molecule has 8 heteroatoms. The molecule has 158 valence electrons. The minimum Gasteiger partial charge on any atom is -0.369 e. The fraction of sp³-hybridized carbons (Fsp3) is 0.895. The zero-order chi connectivity index (χ0) is 18.6. The number of unbranched alkanes of at least 4 members (excludes halogenated alkanes) is 2. The number of aliphatic imine (C=N–C) groups is 1. The molecular formula is C19H39IN6O. The Labute approximate surface area is 181 Å². The molecule has 1 amide bonds. The quantitative estimate of drug-likeness (QED) is 0.195. The number of nitrogens with zero attached hydrogens (tertiary/aromatic N) is 3. The van der Waals surface area contributed by atoms with E-state index >= 15 is 0 Å². The van der Waals surface area contributed by atoms with Crippen LogP contribution < -0.4 is 16.4 Å². The monoisotopic (exact) mass is 494 g/mol. The molecule has 2 heterocycles. The minimum absolute atomic E-state index is 0. The fourth-order valence-corrected chi connectivity index (χ4v) is 3.87. The Bertz CT molecular complexity index is 434. The van der Waals surface area contributed by atoms with Gasteiger partial charge in [0.15, 0.2) is 5.96 Å². The first kappa shape index (κ1) is 24.4. The van der Waals surface area contributed by atoms with Gasteiger partial charge < -0.3 is 21.3 Å². The molecule has 0 unspecified atom stereocenters. The van der Waals surface area contributed by atoms with Crippen molar-refractivity contribution in [2.24, 2.45) is 10.7 Å². The highest BCUT2D eigenvalue weighted by atomic mass is 127. The van der Waals surface area contributed by atoms with Gasteiger partial charge in [-0.1, -0.05) is 12.8 Å². The summed E-state index contributed by atoms with van der Waals surface area (Å²) in [5.41, 5.74) is 5.26. The maximum atomic E-state index is 11.0. The van der Waals surface area contributed by atoms with Crippen molar-refractivity contribution in [3.8, 4) is 0 Å². The number of piperidine rings is 2. The molecule has 2 saturated heterocycles. The van der Waals surface area contributed by atoms with Crippen LogP contribution in [0.5, 0.6) is 0 Å². The number of primary amides is 1. The maximum absolute atomic E-state index is 11.0. The Morgan fingerprint density at radius 3 is 2.37 bits per heavy atom. The highest BCUT2D eigenvalue weighted by Gasteiger charge is 2.20. The molecule has 7 nitrogen and oxygen atoms in total. The molecule has 4 N–H and O–H groups in total. The van der Waals surface area contributed by atoms with Crippen LogP contribution >= 0.6 is 24.0 Å². The summed E-state index contributed by atoms with van der Waals surface area (Å²) in [6.45, 7) is 7.02. The predicted octanol–water partition coefficient (Wildman–Crippen LogP) is 1.38. The van der Waals surface area contributed by atoms with E-state index in [2.05, 4.69) is 25.4 Å². The number of rotatable bonds is 9. The standard InChI is InChI=1S/C19H38N6O.HI/c1-21-19(23-17-8-14-25(15-9-17)16-18(20)26)22-10-4-2-5-11-24-12-6-3-7-13-24;/h17H,2-16H2,1H3,(H2,20,26)(H2,21,22,23);1H. The maximum Gasteiger partial charge on any atom is 0.231 e. The van der Waals surface area contributed by atoms with E-state index in [0.29, 0.717) is 12.6 Å². The Morgan fingerprint density at radius 1 is 1.04 bits per heavy atom. The molecule has 2 aliphatic rings. The van der Waals surface area contributed by atoms with Crippen LogP contribution in [0.2, 0.25) is 0 Å². The number of guanidine groups is 1. The molecule has 0 aliphatic carbocycles. The molecule has 0 spiro atoms. The third kappa shape index (κ3) is 10.5. The average molecular weight is 494 g/mol. The summed E-state index contributed by atoms with van der Waals surface area (Å²) in [4.78, 5) is 20.1. The highest BCUT2D eigenvalue weighted by Crippen LogP contribution is 2.10. The number of amides is 1. The second-order valence-electron chi connectivity index (χ2n) is 7.62. The topological polar surface area (TPSA) is 86.0 Å². The largest absolute Gasteiger partial charge is 0.369 e. The van der Waals surface area contributed by atoms with Crippen LogP contribution in [0, 0.1) is 0 Å². The second kappa shape index (κ2) is 14.4. The smallest absolute Gasteiger partial charge is 0.231 e. The Morgan fingerprint density at radius 2 is 1.74 bits per heavy atom. The van der Waals surface area contributed by atoms with Gasteiger partial charge >= 0.3 is 0 Å². The lowest BCUT2D eigenvalue weighted by Gasteiger charge is -2.32. The number of hydrogen-bond acceptors (Lipinski definition) is 4. The summed E-state index contributed by atoms with van der Waals surface area (Å²) in [6, 6.07) is 0.421. The highest BCUT2D eigenvalue weighted by molar-refractivity contribution is 14.0. The number of carbonyl (C=O) groups is 1. The average Bonchev–Trinajstić information content (AvgIpc) is 2.65. The van der Waals surface area contributed by atoms with Gasteiger partial charge in [0.1, 0.15) is 0 Å². The molecule has 0 aromatic rings. The lowest BCUT2D eigenvalue weighted by atomic mass is 10.1. The molecule has 0 bridgehead atoms. The van der Waals surface area contributed by atoms with Gasteiger partial charge in [0, 0.05) is 32.7 Å². The fourth-order valence-electron chi connectivity index (χ4n) is 3.87. The molecule has 2 aliphatic heterocycles. The summed E-state index contributed by atoms with van der Waals surface area (Å²) >= 11 is 0. The molecular weight excluding hydrogens is 455 g/mol. The van der Waals surface area contributed by atoms with Gasteiger partial charge in [-0.15, -0.1) is 24.0 Å². The van der Waals surface area contributed by atoms with Gasteiger partial charge in [0.05, 0.1) is 6.54 Å². The van der Waals surface area contributed by atoms with E-state index in [1.165, 1.54) is 58.2 Å². The van der Waals surface area contributed by atoms with Crippen molar-refractivity contribution < 1.29 is 4.79 Å². The lowest BCUT2D eigenvalue weighted by molar-refractivity contribution is -0.119. The first-order valence-electron chi connectivity index (χ1n) is 10.4. The zero-order valence-electron chi connectivity index (χ0n) is 16.9. The first-order valence-corrected chi connectivity index (χ1v) is 10.4. The molecule has 2 rings (SSSR count). The van der Waals surface area contributed by atoms with Gasteiger partial charge in [-0.3, -0.25) is 14.7 Å². The summed E-state index contributed by atoms with van der Waals surface area (Å²) in [5.74, 6) is 0.656. The molecule has 0 saturated carbocycles. The second-order valence-corrected chi connectivity index (χ2v) is 7.62. The van der Waals surface area contributed by atoms with Gasteiger partial charge in [-0.2, -0.15) is 0 Å². The Kier molecular flexibility index (Phi) is 13.0. The van der Waals surface area contributed by atoms with E-state index < -0.39 is 0 Å². The Balaban J connectivity index is 0.00000364. The summed E-state index contributed by atoms with van der Waals surface area (Å²) in [7, 11) is 1.83. The van der Waals surface area contributed by atoms with E-state index in [0.717, 1.165) is 38.4 Å². The third-order valence-corrected chi connectivity index (χ3v) is 5.42. The van der Waals surface area contributed by atoms with Gasteiger partial charge in [-0.25, -0.2) is 0 Å². The van der Waals surface area contributed by atoms with E-state index in [9.17, 15) is 4.79 Å². The summed E-state index contributed by atoms with van der Waals surface area (Å²) < 4.78 is 0. The van der Waals surface area contributed by atoms with Crippen molar-refractivity contribution in [3.05, 3.63) is 0 Å². The normalized spacial score (nSPS) is 20.1. The van der Waals surface area contributed by atoms with Crippen molar-refractivity contribution in [1.29, 1.82) is 0 Å². The number of carbonyl (C=O) groups excluding carboxylic acids is 1. The summed E-state index contributed by atoms with van der Waals surface area (Å²) in [5, 5.41) is 6.95. The van der Waals surface area contributed by atoms with Crippen LogP contribution in [0.4, 0.5) is 0 Å². The van der Waals surface area contributed by atoms with Crippen molar-refractivity contribution in [2.75, 3.05) is 52.9 Å². The number of likely N-dealkylation sites (tertiary alicyclic amines) is 2. The third-order valence-electron chi connectivity index (χ3n) is 5.42. The number of nitrogens with one attached hydrogen (secondary N) is 2. The predicted molar refractivity (Wildman–Crippen MR) is 123 cm³/mol. The van der Waals surface area contributed by atoms with E-state index in [1.54, 1.807) is 0 Å².